The summed E-state index contributed by atoms with van der Waals surface area (Å²) in [6.07, 6.45) is 4.65. The third kappa shape index (κ3) is 4.19. The Bertz CT molecular complexity index is 413. The van der Waals surface area contributed by atoms with Crippen LogP contribution in [0.15, 0.2) is 24.3 Å². The number of nitrogens with zero attached hydrogens (tertiary/aromatic N) is 1. The lowest BCUT2D eigenvalue weighted by atomic mass is 10.00. The lowest BCUT2D eigenvalue weighted by molar-refractivity contribution is 0.0867. The summed E-state index contributed by atoms with van der Waals surface area (Å²) in [6, 6.07) is 8.72. The second-order valence-electron chi connectivity index (χ2n) is 5.55. The second kappa shape index (κ2) is 7.99. The maximum Gasteiger partial charge on any atom is 0.0586 e. The number of nitrogens with one attached hydrogen (secondary N) is 1. The predicted octanol–water partition coefficient (Wildman–Crippen LogP) is 2.84. The molecule has 1 aliphatic heterocycles. The predicted molar refractivity (Wildman–Crippen MR) is 84.2 cm³/mol. The molecule has 2 rings (SSSR count). The zero-order valence-electron chi connectivity index (χ0n) is 12.2. The number of rotatable bonds is 6. The Kier molecular flexibility index (Phi) is 6.30. The highest BCUT2D eigenvalue weighted by atomic mass is 35.5. The van der Waals surface area contributed by atoms with Crippen LogP contribution in [-0.4, -0.2) is 42.8 Å². The van der Waals surface area contributed by atoms with Crippen LogP contribution in [0.1, 0.15) is 37.3 Å². The molecule has 0 amide bonds. The van der Waals surface area contributed by atoms with E-state index in [-0.39, 0.29) is 6.61 Å². The number of hydrogen-bond donors (Lipinski definition) is 2. The minimum Gasteiger partial charge on any atom is -0.395 e. The maximum atomic E-state index is 9.46. The van der Waals surface area contributed by atoms with Crippen molar-refractivity contribution in [2.24, 2.45) is 0 Å². The van der Waals surface area contributed by atoms with E-state index in [0.717, 1.165) is 31.0 Å². The van der Waals surface area contributed by atoms with E-state index in [1.165, 1.54) is 18.4 Å². The molecule has 4 heteroatoms. The van der Waals surface area contributed by atoms with Gasteiger partial charge in [-0.05, 0) is 50.6 Å². The Morgan fingerprint density at radius 2 is 2.30 bits per heavy atom. The number of halogens is 1. The highest BCUT2D eigenvalue weighted by molar-refractivity contribution is 6.30. The number of hydrogen-bond acceptors (Lipinski definition) is 3. The molecule has 0 spiro atoms. The van der Waals surface area contributed by atoms with Gasteiger partial charge in [0.2, 0.25) is 0 Å². The summed E-state index contributed by atoms with van der Waals surface area (Å²) < 4.78 is 0. The molecule has 1 heterocycles. The first-order valence-corrected chi connectivity index (χ1v) is 7.90. The molecule has 1 saturated heterocycles. The molecule has 1 aliphatic rings. The van der Waals surface area contributed by atoms with E-state index in [9.17, 15) is 5.11 Å². The molecule has 0 radical (unpaired) electrons. The van der Waals surface area contributed by atoms with Gasteiger partial charge in [0, 0.05) is 23.7 Å². The third-order valence-electron chi connectivity index (χ3n) is 4.26. The summed E-state index contributed by atoms with van der Waals surface area (Å²) in [6.45, 7) is 2.40. The smallest absolute Gasteiger partial charge is 0.0586 e. The van der Waals surface area contributed by atoms with Gasteiger partial charge in [-0.2, -0.15) is 0 Å². The molecule has 1 aromatic rings. The van der Waals surface area contributed by atoms with Crippen LogP contribution in [0, 0.1) is 0 Å². The Morgan fingerprint density at radius 3 is 3.00 bits per heavy atom. The monoisotopic (exact) mass is 296 g/mol. The van der Waals surface area contributed by atoms with E-state index in [1.54, 1.807) is 0 Å². The van der Waals surface area contributed by atoms with Crippen molar-refractivity contribution in [3.8, 4) is 0 Å². The zero-order valence-corrected chi connectivity index (χ0v) is 12.9. The first kappa shape index (κ1) is 15.8. The third-order valence-corrected chi connectivity index (χ3v) is 4.50. The summed E-state index contributed by atoms with van der Waals surface area (Å²) in [5.41, 5.74) is 1.23. The highest BCUT2D eigenvalue weighted by Gasteiger charge is 2.22. The molecule has 1 fully saturated rings. The van der Waals surface area contributed by atoms with Crippen LogP contribution in [-0.2, 0) is 0 Å². The number of piperidine rings is 1. The number of aliphatic hydroxyl groups excluding tert-OH is 1. The van der Waals surface area contributed by atoms with Gasteiger partial charge in [-0.3, -0.25) is 4.90 Å². The molecular formula is C16H25ClN2O. The maximum absolute atomic E-state index is 9.46. The molecule has 0 saturated carbocycles. The first-order valence-electron chi connectivity index (χ1n) is 7.52. The van der Waals surface area contributed by atoms with Gasteiger partial charge in [-0.1, -0.05) is 30.2 Å². The van der Waals surface area contributed by atoms with E-state index in [4.69, 9.17) is 11.6 Å². The van der Waals surface area contributed by atoms with Gasteiger partial charge in [0.15, 0.2) is 0 Å². The lowest BCUT2D eigenvalue weighted by Crippen LogP contribution is -2.43. The van der Waals surface area contributed by atoms with Crippen molar-refractivity contribution < 1.29 is 5.11 Å². The Hall–Kier alpha value is -0.610. The van der Waals surface area contributed by atoms with Gasteiger partial charge in [0.1, 0.15) is 0 Å². The summed E-state index contributed by atoms with van der Waals surface area (Å²) in [5.74, 6) is 0. The van der Waals surface area contributed by atoms with E-state index in [2.05, 4.69) is 16.3 Å². The van der Waals surface area contributed by atoms with Gasteiger partial charge >= 0.3 is 0 Å². The fourth-order valence-corrected chi connectivity index (χ4v) is 3.26. The van der Waals surface area contributed by atoms with Crippen molar-refractivity contribution >= 4 is 11.6 Å². The van der Waals surface area contributed by atoms with E-state index in [0.29, 0.717) is 12.1 Å². The molecule has 3 nitrogen and oxygen atoms in total. The van der Waals surface area contributed by atoms with Gasteiger partial charge in [0.25, 0.3) is 0 Å². The van der Waals surface area contributed by atoms with Crippen LogP contribution < -0.4 is 5.32 Å². The minimum atomic E-state index is 0.279. The molecule has 1 aromatic carbocycles. The quantitative estimate of drug-likeness (QED) is 0.847. The van der Waals surface area contributed by atoms with Crippen molar-refractivity contribution in [1.82, 2.24) is 10.2 Å². The number of likely N-dealkylation sites (tertiary alicyclic amines) is 1. The van der Waals surface area contributed by atoms with Crippen LogP contribution in [0.2, 0.25) is 5.02 Å². The second-order valence-corrected chi connectivity index (χ2v) is 5.99. The van der Waals surface area contributed by atoms with Gasteiger partial charge < -0.3 is 10.4 Å². The van der Waals surface area contributed by atoms with Crippen LogP contribution in [0.4, 0.5) is 0 Å². The Balaban J connectivity index is 1.93. The summed E-state index contributed by atoms with van der Waals surface area (Å²) >= 11 is 6.07. The molecule has 0 aliphatic carbocycles. The average Bonchev–Trinajstić information content (AvgIpc) is 2.48. The van der Waals surface area contributed by atoms with Crippen LogP contribution in [0.25, 0.3) is 0 Å². The molecular weight excluding hydrogens is 272 g/mol. The molecule has 0 bridgehead atoms. The minimum absolute atomic E-state index is 0.279. The summed E-state index contributed by atoms with van der Waals surface area (Å²) in [5, 5.41) is 13.6. The molecule has 2 N–H and O–H groups in total. The Labute approximate surface area is 126 Å². The average molecular weight is 297 g/mol. The number of benzene rings is 1. The van der Waals surface area contributed by atoms with Crippen LogP contribution in [0.5, 0.6) is 0 Å². The standard InChI is InChI=1S/C16H25ClN2O/c1-18-16(13-5-4-6-14(17)11-13)8-10-19-9-3-2-7-15(19)12-20/h4-6,11,15-16,18,20H,2-3,7-10,12H2,1H3. The normalized spacial score (nSPS) is 21.9. The largest absolute Gasteiger partial charge is 0.395 e. The molecule has 2 unspecified atom stereocenters. The van der Waals surface area contributed by atoms with E-state index in [1.807, 2.05) is 25.2 Å². The van der Waals surface area contributed by atoms with Crippen molar-refractivity contribution in [3.05, 3.63) is 34.9 Å². The van der Waals surface area contributed by atoms with Crippen LogP contribution in [0.3, 0.4) is 0 Å². The first-order chi connectivity index (χ1) is 9.74. The van der Waals surface area contributed by atoms with E-state index < -0.39 is 0 Å². The van der Waals surface area contributed by atoms with Crippen molar-refractivity contribution in [2.75, 3.05) is 26.7 Å². The molecule has 20 heavy (non-hydrogen) atoms. The van der Waals surface area contributed by atoms with Gasteiger partial charge in [-0.15, -0.1) is 0 Å². The van der Waals surface area contributed by atoms with Crippen molar-refractivity contribution in [3.63, 3.8) is 0 Å². The number of aliphatic hydroxyl groups is 1. The summed E-state index contributed by atoms with van der Waals surface area (Å²) in [4.78, 5) is 2.43. The van der Waals surface area contributed by atoms with Crippen molar-refractivity contribution in [2.45, 2.75) is 37.8 Å². The van der Waals surface area contributed by atoms with Gasteiger partial charge in [0.05, 0.1) is 6.61 Å². The molecule has 0 aromatic heterocycles. The lowest BCUT2D eigenvalue weighted by Gasteiger charge is -2.35. The van der Waals surface area contributed by atoms with Crippen molar-refractivity contribution in [1.29, 1.82) is 0 Å². The highest BCUT2D eigenvalue weighted by Crippen LogP contribution is 2.23. The van der Waals surface area contributed by atoms with E-state index >= 15 is 0 Å². The molecule has 112 valence electrons. The molecule has 2 atom stereocenters. The Morgan fingerprint density at radius 1 is 1.45 bits per heavy atom. The van der Waals surface area contributed by atoms with Gasteiger partial charge in [-0.25, -0.2) is 0 Å². The topological polar surface area (TPSA) is 35.5 Å². The summed E-state index contributed by atoms with van der Waals surface area (Å²) in [7, 11) is 1.99. The SMILES string of the molecule is CNC(CCN1CCCCC1CO)c1cccc(Cl)c1. The van der Waals surface area contributed by atoms with Crippen LogP contribution >= 0.6 is 11.6 Å². The zero-order chi connectivity index (χ0) is 14.4. The fourth-order valence-electron chi connectivity index (χ4n) is 3.06. The fraction of sp³-hybridized carbons (Fsp3) is 0.625.